The Hall–Kier alpha value is -1.13. The second kappa shape index (κ2) is 5.58. The Morgan fingerprint density at radius 1 is 1.33 bits per heavy atom. The third-order valence-electron chi connectivity index (χ3n) is 3.52. The van der Waals surface area contributed by atoms with Crippen molar-refractivity contribution in [3.05, 3.63) is 12.4 Å². The summed E-state index contributed by atoms with van der Waals surface area (Å²) in [5, 5.41) is 3.77. The van der Waals surface area contributed by atoms with Crippen LogP contribution in [0, 0.1) is 0 Å². The number of nitrogens with zero attached hydrogens (tertiary/aromatic N) is 3. The second-order valence-corrected chi connectivity index (χ2v) is 6.96. The molecule has 2 atom stereocenters. The highest BCUT2D eigenvalue weighted by atomic mass is 32.2. The Morgan fingerprint density at radius 2 is 2.00 bits per heavy atom. The van der Waals surface area contributed by atoms with Crippen LogP contribution < -0.4 is 4.72 Å². The SMILES string of the molecule is CN1C[C@H](NS(=O)(=O)c2cnn(C)c2)CC[C@@H]1C(F)(F)F. The van der Waals surface area contributed by atoms with Gasteiger partial charge in [0.2, 0.25) is 10.0 Å². The maximum absolute atomic E-state index is 12.7. The number of halogens is 3. The van der Waals surface area contributed by atoms with E-state index in [4.69, 9.17) is 0 Å². The van der Waals surface area contributed by atoms with E-state index >= 15 is 0 Å². The fraction of sp³-hybridized carbons (Fsp3) is 0.727. The van der Waals surface area contributed by atoms with Crippen molar-refractivity contribution in [3.8, 4) is 0 Å². The van der Waals surface area contributed by atoms with Crippen molar-refractivity contribution < 1.29 is 21.6 Å². The summed E-state index contributed by atoms with van der Waals surface area (Å²) in [7, 11) is -0.822. The number of likely N-dealkylation sites (tertiary alicyclic amines) is 1. The smallest absolute Gasteiger partial charge is 0.294 e. The largest absolute Gasteiger partial charge is 0.404 e. The van der Waals surface area contributed by atoms with Crippen molar-refractivity contribution >= 4 is 10.0 Å². The van der Waals surface area contributed by atoms with Crippen molar-refractivity contribution in [1.82, 2.24) is 19.4 Å². The molecule has 1 aliphatic rings. The minimum Gasteiger partial charge on any atom is -0.294 e. The Labute approximate surface area is 121 Å². The van der Waals surface area contributed by atoms with Crippen LogP contribution in [-0.2, 0) is 17.1 Å². The van der Waals surface area contributed by atoms with Crippen LogP contribution in [0.15, 0.2) is 17.3 Å². The number of likely N-dealkylation sites (N-methyl/N-ethyl adjacent to an activating group) is 1. The summed E-state index contributed by atoms with van der Waals surface area (Å²) >= 11 is 0. The predicted octanol–water partition coefficient (Wildman–Crippen LogP) is 0.723. The van der Waals surface area contributed by atoms with Gasteiger partial charge in [0.25, 0.3) is 0 Å². The first kappa shape index (κ1) is 16.2. The zero-order valence-corrected chi connectivity index (χ0v) is 12.4. The Bertz CT molecular complexity index is 599. The summed E-state index contributed by atoms with van der Waals surface area (Å²) in [6.07, 6.45) is -1.73. The van der Waals surface area contributed by atoms with Crippen LogP contribution in [0.2, 0.25) is 0 Å². The minimum absolute atomic E-state index is 0.00518. The van der Waals surface area contributed by atoms with Crippen LogP contribution in [0.25, 0.3) is 0 Å². The van der Waals surface area contributed by atoms with Crippen molar-refractivity contribution in [1.29, 1.82) is 0 Å². The van der Waals surface area contributed by atoms with Crippen LogP contribution in [0.4, 0.5) is 13.2 Å². The number of hydrogen-bond acceptors (Lipinski definition) is 4. The van der Waals surface area contributed by atoms with Crippen LogP contribution in [0.1, 0.15) is 12.8 Å². The van der Waals surface area contributed by atoms with Gasteiger partial charge < -0.3 is 0 Å². The molecule has 0 aromatic carbocycles. The predicted molar refractivity (Wildman–Crippen MR) is 69.0 cm³/mol. The standard InChI is InChI=1S/C11H17F3N4O2S/c1-17-6-8(3-4-10(17)11(12,13)14)16-21(19,20)9-5-15-18(2)7-9/h5,7-8,10,16H,3-4,6H2,1-2H3/t8-,10-/m1/s1. The van der Waals surface area contributed by atoms with E-state index in [-0.39, 0.29) is 24.3 Å². The molecule has 2 rings (SSSR count). The summed E-state index contributed by atoms with van der Waals surface area (Å²) in [4.78, 5) is 1.14. The van der Waals surface area contributed by atoms with Crippen molar-refractivity contribution in [2.45, 2.75) is 36.0 Å². The van der Waals surface area contributed by atoms with Gasteiger partial charge in [-0.05, 0) is 19.9 Å². The number of aryl methyl sites for hydroxylation is 1. The van der Waals surface area contributed by atoms with E-state index in [0.717, 1.165) is 4.90 Å². The Kier molecular flexibility index (Phi) is 4.31. The Morgan fingerprint density at radius 3 is 2.48 bits per heavy atom. The van der Waals surface area contributed by atoms with Gasteiger partial charge in [0.15, 0.2) is 0 Å². The number of hydrogen-bond donors (Lipinski definition) is 1. The van der Waals surface area contributed by atoms with Gasteiger partial charge in [-0.15, -0.1) is 0 Å². The third-order valence-corrected chi connectivity index (χ3v) is 5.00. The average Bonchev–Trinajstić information content (AvgIpc) is 2.74. The molecule has 1 fully saturated rings. The molecule has 0 saturated carbocycles. The third kappa shape index (κ3) is 3.74. The summed E-state index contributed by atoms with van der Waals surface area (Å²) in [5.41, 5.74) is 0. The number of piperidine rings is 1. The molecule has 1 saturated heterocycles. The molecule has 0 radical (unpaired) electrons. The van der Waals surface area contributed by atoms with E-state index in [2.05, 4.69) is 9.82 Å². The molecule has 0 bridgehead atoms. The number of aromatic nitrogens is 2. The number of rotatable bonds is 3. The van der Waals surface area contributed by atoms with Gasteiger partial charge in [-0.3, -0.25) is 9.58 Å². The van der Waals surface area contributed by atoms with Crippen molar-refractivity contribution in [2.75, 3.05) is 13.6 Å². The lowest BCUT2D eigenvalue weighted by molar-refractivity contribution is -0.188. The molecule has 2 heterocycles. The van der Waals surface area contributed by atoms with E-state index < -0.39 is 28.3 Å². The van der Waals surface area contributed by atoms with Gasteiger partial charge in [-0.25, -0.2) is 13.1 Å². The zero-order chi connectivity index (χ0) is 15.8. The monoisotopic (exact) mass is 326 g/mol. The highest BCUT2D eigenvalue weighted by molar-refractivity contribution is 7.89. The normalized spacial score (nSPS) is 25.2. The topological polar surface area (TPSA) is 67.2 Å². The molecule has 6 nitrogen and oxygen atoms in total. The molecule has 0 spiro atoms. The number of nitrogens with one attached hydrogen (secondary N) is 1. The van der Waals surface area contributed by atoms with E-state index in [0.29, 0.717) is 0 Å². The second-order valence-electron chi connectivity index (χ2n) is 5.24. The van der Waals surface area contributed by atoms with Gasteiger partial charge in [0.05, 0.1) is 6.20 Å². The average molecular weight is 326 g/mol. The van der Waals surface area contributed by atoms with Crippen molar-refractivity contribution in [2.24, 2.45) is 7.05 Å². The molecule has 0 unspecified atom stereocenters. The summed E-state index contributed by atoms with van der Waals surface area (Å²) < 4.78 is 66.2. The number of sulfonamides is 1. The molecule has 1 N–H and O–H groups in total. The highest BCUT2D eigenvalue weighted by Gasteiger charge is 2.45. The minimum atomic E-state index is -4.29. The first-order valence-corrected chi connectivity index (χ1v) is 7.86. The first-order valence-electron chi connectivity index (χ1n) is 6.37. The lowest BCUT2D eigenvalue weighted by atomic mass is 9.99. The molecule has 1 aromatic rings. The molecule has 1 aromatic heterocycles. The number of alkyl halides is 3. The van der Waals surface area contributed by atoms with Gasteiger partial charge in [0, 0.05) is 25.8 Å². The molecular formula is C11H17F3N4O2S. The van der Waals surface area contributed by atoms with Gasteiger partial charge in [-0.1, -0.05) is 0 Å². The van der Waals surface area contributed by atoms with E-state index in [9.17, 15) is 21.6 Å². The lowest BCUT2D eigenvalue weighted by Crippen LogP contribution is -2.54. The van der Waals surface area contributed by atoms with E-state index in [1.165, 1.54) is 24.1 Å². The van der Waals surface area contributed by atoms with Crippen LogP contribution >= 0.6 is 0 Å². The maximum Gasteiger partial charge on any atom is 0.404 e. The molecule has 1 aliphatic heterocycles. The molecule has 10 heteroatoms. The Balaban J connectivity index is 2.03. The van der Waals surface area contributed by atoms with Crippen LogP contribution in [-0.4, -0.2) is 55.0 Å². The summed E-state index contributed by atoms with van der Waals surface area (Å²) in [5.74, 6) is 0. The fourth-order valence-corrected chi connectivity index (χ4v) is 3.72. The lowest BCUT2D eigenvalue weighted by Gasteiger charge is -2.38. The maximum atomic E-state index is 12.7. The van der Waals surface area contributed by atoms with Gasteiger partial charge >= 0.3 is 6.18 Å². The molecule has 0 aliphatic carbocycles. The van der Waals surface area contributed by atoms with Crippen molar-refractivity contribution in [3.63, 3.8) is 0 Å². The molecule has 120 valence electrons. The summed E-state index contributed by atoms with van der Waals surface area (Å²) in [6.45, 7) is 0.0175. The van der Waals surface area contributed by atoms with E-state index in [1.807, 2.05) is 0 Å². The zero-order valence-electron chi connectivity index (χ0n) is 11.6. The van der Waals surface area contributed by atoms with Crippen LogP contribution in [0.3, 0.4) is 0 Å². The van der Waals surface area contributed by atoms with Gasteiger partial charge in [0.1, 0.15) is 10.9 Å². The van der Waals surface area contributed by atoms with Gasteiger partial charge in [-0.2, -0.15) is 18.3 Å². The quantitative estimate of drug-likeness (QED) is 0.889. The summed E-state index contributed by atoms with van der Waals surface area (Å²) in [6, 6.07) is -2.06. The fourth-order valence-electron chi connectivity index (χ4n) is 2.48. The van der Waals surface area contributed by atoms with Crippen LogP contribution in [0.5, 0.6) is 0 Å². The molecular weight excluding hydrogens is 309 g/mol. The highest BCUT2D eigenvalue weighted by Crippen LogP contribution is 2.31. The molecule has 0 amide bonds. The first-order chi connectivity index (χ1) is 9.59. The van der Waals surface area contributed by atoms with E-state index in [1.54, 1.807) is 7.05 Å². The molecule has 21 heavy (non-hydrogen) atoms.